The zero-order valence-electron chi connectivity index (χ0n) is 20.5. The minimum absolute atomic E-state index is 0.0131. The summed E-state index contributed by atoms with van der Waals surface area (Å²) in [5.41, 5.74) is 2.50. The molecule has 1 saturated carbocycles. The Morgan fingerprint density at radius 3 is 2.49 bits per heavy atom. The number of nitrogens with one attached hydrogen (secondary N) is 1. The first-order valence-electron chi connectivity index (χ1n) is 12.1. The van der Waals surface area contributed by atoms with Crippen molar-refractivity contribution in [3.8, 4) is 11.1 Å². The van der Waals surface area contributed by atoms with Crippen LogP contribution in [0, 0.1) is 5.92 Å². The number of carboxylic acid groups (broad SMARTS) is 1. The molecule has 7 nitrogen and oxygen atoms in total. The van der Waals surface area contributed by atoms with Gasteiger partial charge in [0.1, 0.15) is 0 Å². The Morgan fingerprint density at radius 2 is 1.86 bits per heavy atom. The van der Waals surface area contributed by atoms with E-state index in [-0.39, 0.29) is 22.8 Å². The minimum atomic E-state index is -4.66. The smallest absolute Gasteiger partial charge is 0.452 e. The van der Waals surface area contributed by atoms with Crippen LogP contribution in [0.25, 0.3) is 11.1 Å². The van der Waals surface area contributed by atoms with Gasteiger partial charge in [0.05, 0.1) is 23.0 Å². The molecule has 3 N–H and O–H groups in total. The monoisotopic (exact) mass is 534 g/mol. The molecular formula is C26H29F3N4O3S. The Balaban J connectivity index is 1.80. The van der Waals surface area contributed by atoms with Crippen LogP contribution in [0.2, 0.25) is 0 Å². The van der Waals surface area contributed by atoms with Crippen LogP contribution >= 0.6 is 11.5 Å². The third-order valence-electron chi connectivity index (χ3n) is 6.36. The summed E-state index contributed by atoms with van der Waals surface area (Å²) in [5, 5.41) is 22.7. The first kappa shape index (κ1) is 26.9. The number of nitrogens with zero attached hydrogens (tertiary/aromatic N) is 3. The molecule has 198 valence electrons. The van der Waals surface area contributed by atoms with E-state index in [1.807, 2.05) is 12.1 Å². The number of aromatic nitrogens is 2. The van der Waals surface area contributed by atoms with Crippen LogP contribution < -0.4 is 10.2 Å². The molecule has 4 rings (SSSR count). The molecule has 37 heavy (non-hydrogen) atoms. The van der Waals surface area contributed by atoms with E-state index in [0.717, 1.165) is 18.5 Å². The highest BCUT2D eigenvalue weighted by Gasteiger charge is 2.36. The molecule has 0 radical (unpaired) electrons. The van der Waals surface area contributed by atoms with Crippen molar-refractivity contribution in [3.63, 3.8) is 0 Å². The number of halogens is 3. The molecule has 3 aromatic rings. The Hall–Kier alpha value is -3.18. The maximum atomic E-state index is 13.1. The lowest BCUT2D eigenvalue weighted by atomic mass is 9.90. The fraction of sp³-hybridized carbons (Fsp3) is 0.423. The van der Waals surface area contributed by atoms with E-state index >= 15 is 0 Å². The quantitative estimate of drug-likeness (QED) is 0.306. The molecule has 0 unspecified atom stereocenters. The zero-order valence-corrected chi connectivity index (χ0v) is 21.3. The van der Waals surface area contributed by atoms with Crippen LogP contribution in [0.15, 0.2) is 42.5 Å². The molecular weight excluding hydrogens is 505 g/mol. The second-order valence-electron chi connectivity index (χ2n) is 9.64. The van der Waals surface area contributed by atoms with Crippen molar-refractivity contribution in [2.45, 2.75) is 57.9 Å². The van der Waals surface area contributed by atoms with E-state index in [4.69, 9.17) is 0 Å². The van der Waals surface area contributed by atoms with Crippen molar-refractivity contribution in [1.29, 1.82) is 0 Å². The number of carbonyl (C=O) groups is 1. The zero-order chi connectivity index (χ0) is 26.7. The summed E-state index contributed by atoms with van der Waals surface area (Å²) in [6.07, 6.45) is -2.06. The summed E-state index contributed by atoms with van der Waals surface area (Å²) in [6, 6.07) is 12.2. The highest BCUT2D eigenvalue weighted by Crippen LogP contribution is 2.39. The molecule has 0 aliphatic heterocycles. The molecule has 1 aliphatic rings. The van der Waals surface area contributed by atoms with E-state index < -0.39 is 18.0 Å². The maximum absolute atomic E-state index is 13.1. The summed E-state index contributed by atoms with van der Waals surface area (Å²) in [4.78, 5) is 17.7. The predicted octanol–water partition coefficient (Wildman–Crippen LogP) is 6.43. The Bertz CT molecular complexity index is 1240. The van der Waals surface area contributed by atoms with Crippen LogP contribution in [0.4, 0.5) is 29.7 Å². The van der Waals surface area contributed by atoms with Crippen molar-refractivity contribution >= 4 is 34.0 Å². The molecule has 0 spiro atoms. The fourth-order valence-electron chi connectivity index (χ4n) is 4.69. The van der Waals surface area contributed by atoms with Crippen molar-refractivity contribution in [3.05, 3.63) is 53.9 Å². The first-order valence-corrected chi connectivity index (χ1v) is 12.9. The van der Waals surface area contributed by atoms with Gasteiger partial charge >= 0.3 is 12.1 Å². The lowest BCUT2D eigenvalue weighted by molar-refractivity contribution is -0.144. The van der Waals surface area contributed by atoms with Gasteiger partial charge in [-0.2, -0.15) is 22.5 Å². The number of anilines is 3. The van der Waals surface area contributed by atoms with Gasteiger partial charge in [0.2, 0.25) is 11.0 Å². The van der Waals surface area contributed by atoms with Crippen molar-refractivity contribution in [2.24, 2.45) is 5.92 Å². The molecule has 1 heterocycles. The van der Waals surface area contributed by atoms with Crippen LogP contribution in [-0.2, 0) is 6.18 Å². The Morgan fingerprint density at radius 1 is 1.16 bits per heavy atom. The van der Waals surface area contributed by atoms with Gasteiger partial charge in [-0.1, -0.05) is 38.1 Å². The van der Waals surface area contributed by atoms with E-state index in [0.29, 0.717) is 53.7 Å². The van der Waals surface area contributed by atoms with Gasteiger partial charge in [-0.15, -0.1) is 0 Å². The van der Waals surface area contributed by atoms with Crippen molar-refractivity contribution in [2.75, 3.05) is 16.8 Å². The number of carboxylic acids is 1. The summed E-state index contributed by atoms with van der Waals surface area (Å²) < 4.78 is 42.9. The number of alkyl halides is 3. The van der Waals surface area contributed by atoms with E-state index in [1.54, 1.807) is 24.3 Å². The molecule has 0 bridgehead atoms. The topological polar surface area (TPSA) is 98.6 Å². The number of benzene rings is 2. The highest BCUT2D eigenvalue weighted by molar-refractivity contribution is 7.09. The Labute approximate surface area is 217 Å². The SMILES string of the molecule is CC(C)CN(c1ccc(-c2ccccc2C(=O)O)cc1Nc1nc(C(F)(F)F)ns1)[C@H]1CC[C@@H](O)CC1. The maximum Gasteiger partial charge on any atom is 0.452 e. The summed E-state index contributed by atoms with van der Waals surface area (Å²) in [5.74, 6) is -1.99. The molecule has 2 aromatic carbocycles. The number of hydrogen-bond donors (Lipinski definition) is 3. The second-order valence-corrected chi connectivity index (χ2v) is 10.4. The number of hydrogen-bond acceptors (Lipinski definition) is 7. The second kappa shape index (κ2) is 11.1. The molecule has 11 heteroatoms. The molecule has 1 aromatic heterocycles. The standard InChI is InChI=1S/C26H29F3N4O3S/c1-15(2)14-33(17-8-10-18(34)11-9-17)22-12-7-16(19-5-3-4-6-20(19)23(35)36)13-21(22)30-25-31-24(32-37-25)26(27,28)29/h3-7,12-13,15,17-18,34H,8-11,14H2,1-2H3,(H,35,36)(H,30,31,32)/t17-,18+. The molecule has 0 saturated heterocycles. The van der Waals surface area contributed by atoms with Crippen LogP contribution in [0.5, 0.6) is 0 Å². The van der Waals surface area contributed by atoms with Gasteiger partial charge in [-0.25, -0.2) is 4.79 Å². The summed E-state index contributed by atoms with van der Waals surface area (Å²) in [6.45, 7) is 4.88. The van der Waals surface area contributed by atoms with E-state index in [2.05, 4.69) is 33.4 Å². The predicted molar refractivity (Wildman–Crippen MR) is 137 cm³/mol. The van der Waals surface area contributed by atoms with Crippen LogP contribution in [-0.4, -0.2) is 44.2 Å². The summed E-state index contributed by atoms with van der Waals surface area (Å²) >= 11 is 0.613. The summed E-state index contributed by atoms with van der Waals surface area (Å²) in [7, 11) is 0. The van der Waals surface area contributed by atoms with Gasteiger partial charge < -0.3 is 20.4 Å². The average Bonchev–Trinajstić information content (AvgIpc) is 3.32. The first-order chi connectivity index (χ1) is 17.5. The minimum Gasteiger partial charge on any atom is -0.478 e. The van der Waals surface area contributed by atoms with Gasteiger partial charge in [0, 0.05) is 24.1 Å². The molecule has 1 fully saturated rings. The largest absolute Gasteiger partial charge is 0.478 e. The molecule has 0 atom stereocenters. The number of aliphatic hydroxyl groups excluding tert-OH is 1. The van der Waals surface area contributed by atoms with Crippen LogP contribution in [0.3, 0.4) is 0 Å². The van der Waals surface area contributed by atoms with Gasteiger partial charge in [0.15, 0.2) is 0 Å². The molecule has 1 aliphatic carbocycles. The molecule has 0 amide bonds. The number of aromatic carboxylic acids is 1. The van der Waals surface area contributed by atoms with Crippen LogP contribution in [0.1, 0.15) is 55.7 Å². The number of aliphatic hydroxyl groups is 1. The highest BCUT2D eigenvalue weighted by atomic mass is 32.1. The van der Waals surface area contributed by atoms with Gasteiger partial charge in [-0.05, 0) is 60.9 Å². The van der Waals surface area contributed by atoms with E-state index in [1.165, 1.54) is 6.07 Å². The van der Waals surface area contributed by atoms with E-state index in [9.17, 15) is 28.2 Å². The van der Waals surface area contributed by atoms with Gasteiger partial charge in [0.25, 0.3) is 0 Å². The van der Waals surface area contributed by atoms with Gasteiger partial charge in [-0.3, -0.25) is 0 Å². The third kappa shape index (κ3) is 6.40. The lowest BCUT2D eigenvalue weighted by Gasteiger charge is -2.39. The Kier molecular flexibility index (Phi) is 8.03. The van der Waals surface area contributed by atoms with Crippen molar-refractivity contribution < 1.29 is 28.2 Å². The third-order valence-corrected chi connectivity index (χ3v) is 6.99. The number of rotatable bonds is 8. The fourth-order valence-corrected chi connectivity index (χ4v) is 5.29. The lowest BCUT2D eigenvalue weighted by Crippen LogP contribution is -2.41. The van der Waals surface area contributed by atoms with Crippen molar-refractivity contribution in [1.82, 2.24) is 9.36 Å². The average molecular weight is 535 g/mol. The normalized spacial score (nSPS) is 18.1.